The summed E-state index contributed by atoms with van der Waals surface area (Å²) in [5.41, 5.74) is 0.895. The van der Waals surface area contributed by atoms with E-state index in [1.807, 2.05) is 30.3 Å². The van der Waals surface area contributed by atoms with Crippen LogP contribution in [0, 0.1) is 0 Å². The monoisotopic (exact) mass is 222 g/mol. The van der Waals surface area contributed by atoms with Crippen LogP contribution in [0.5, 0.6) is 0 Å². The summed E-state index contributed by atoms with van der Waals surface area (Å²) in [6.07, 6.45) is 1.12. The molecule has 0 radical (unpaired) electrons. The largest absolute Gasteiger partial charge is 0.466 e. The molecule has 16 heavy (non-hydrogen) atoms. The Bertz CT molecular complexity index is 308. The third kappa shape index (κ3) is 4.45. The molecule has 1 atom stereocenters. The zero-order chi connectivity index (χ0) is 11.8. The summed E-state index contributed by atoms with van der Waals surface area (Å²) >= 11 is 0. The molecule has 0 bridgehead atoms. The van der Waals surface area contributed by atoms with Gasteiger partial charge in [0.25, 0.3) is 0 Å². The van der Waals surface area contributed by atoms with Crippen molar-refractivity contribution in [2.24, 2.45) is 0 Å². The van der Waals surface area contributed by atoms with Crippen molar-refractivity contribution < 1.29 is 14.6 Å². The standard InChI is InChI=1S/C13H18O3/c1-2-16-13(15)10-6-9-12(14)11-7-4-3-5-8-11/h3-5,7-8,12,14H,2,6,9-10H2,1H3/t12-/m1/s1. The summed E-state index contributed by atoms with van der Waals surface area (Å²) in [7, 11) is 0. The fraction of sp³-hybridized carbons (Fsp3) is 0.462. The van der Waals surface area contributed by atoms with Gasteiger partial charge < -0.3 is 9.84 Å². The molecule has 1 aromatic rings. The number of carbonyl (C=O) groups excluding carboxylic acids is 1. The molecule has 3 nitrogen and oxygen atoms in total. The van der Waals surface area contributed by atoms with Gasteiger partial charge in [-0.1, -0.05) is 30.3 Å². The highest BCUT2D eigenvalue weighted by Gasteiger charge is 2.08. The molecule has 0 saturated heterocycles. The van der Waals surface area contributed by atoms with Gasteiger partial charge in [0.15, 0.2) is 0 Å². The molecule has 0 aliphatic rings. The van der Waals surface area contributed by atoms with Gasteiger partial charge in [-0.25, -0.2) is 0 Å². The van der Waals surface area contributed by atoms with Crippen LogP contribution in [-0.2, 0) is 9.53 Å². The Balaban J connectivity index is 2.26. The molecule has 1 N–H and O–H groups in total. The van der Waals surface area contributed by atoms with E-state index in [1.165, 1.54) is 0 Å². The van der Waals surface area contributed by atoms with E-state index in [4.69, 9.17) is 4.74 Å². The highest BCUT2D eigenvalue weighted by Crippen LogP contribution is 2.18. The van der Waals surface area contributed by atoms with Gasteiger partial charge in [-0.05, 0) is 25.3 Å². The third-order valence-electron chi connectivity index (χ3n) is 2.35. The van der Waals surface area contributed by atoms with Crippen LogP contribution in [0.2, 0.25) is 0 Å². The van der Waals surface area contributed by atoms with E-state index in [-0.39, 0.29) is 5.97 Å². The van der Waals surface area contributed by atoms with Gasteiger partial charge in [0.05, 0.1) is 12.7 Å². The number of aliphatic hydroxyl groups excluding tert-OH is 1. The van der Waals surface area contributed by atoms with Gasteiger partial charge in [-0.3, -0.25) is 4.79 Å². The maximum Gasteiger partial charge on any atom is 0.305 e. The lowest BCUT2D eigenvalue weighted by Crippen LogP contribution is -2.05. The second kappa shape index (κ2) is 7.01. The van der Waals surface area contributed by atoms with E-state index < -0.39 is 6.10 Å². The number of hydrogen-bond acceptors (Lipinski definition) is 3. The number of rotatable bonds is 6. The number of carbonyl (C=O) groups is 1. The fourth-order valence-electron chi connectivity index (χ4n) is 1.51. The molecule has 0 spiro atoms. The van der Waals surface area contributed by atoms with E-state index in [1.54, 1.807) is 6.92 Å². The van der Waals surface area contributed by atoms with Crippen LogP contribution in [0.1, 0.15) is 37.9 Å². The number of benzene rings is 1. The summed E-state index contributed by atoms with van der Waals surface area (Å²) in [4.78, 5) is 11.1. The van der Waals surface area contributed by atoms with E-state index >= 15 is 0 Å². The predicted octanol–water partition coefficient (Wildman–Crippen LogP) is 2.45. The summed E-state index contributed by atoms with van der Waals surface area (Å²) in [5.74, 6) is -0.192. The zero-order valence-electron chi connectivity index (χ0n) is 9.56. The molecule has 0 aliphatic carbocycles. The lowest BCUT2D eigenvalue weighted by atomic mass is 10.0. The molecule has 0 fully saturated rings. The summed E-state index contributed by atoms with van der Waals surface area (Å²) in [5, 5.41) is 9.81. The van der Waals surface area contributed by atoms with Gasteiger partial charge in [0.1, 0.15) is 0 Å². The number of hydrogen-bond donors (Lipinski definition) is 1. The first-order chi connectivity index (χ1) is 7.74. The van der Waals surface area contributed by atoms with Crippen LogP contribution in [0.3, 0.4) is 0 Å². The molecule has 88 valence electrons. The SMILES string of the molecule is CCOC(=O)CCC[C@@H](O)c1ccccc1. The molecule has 3 heteroatoms. The second-order valence-electron chi connectivity index (χ2n) is 3.62. The fourth-order valence-corrected chi connectivity index (χ4v) is 1.51. The Morgan fingerprint density at radius 2 is 2.06 bits per heavy atom. The van der Waals surface area contributed by atoms with Crippen molar-refractivity contribution in [1.82, 2.24) is 0 Å². The van der Waals surface area contributed by atoms with Crippen molar-refractivity contribution in [2.75, 3.05) is 6.61 Å². The van der Waals surface area contributed by atoms with Gasteiger partial charge in [0, 0.05) is 6.42 Å². The first kappa shape index (κ1) is 12.7. The molecule has 0 aromatic heterocycles. The zero-order valence-corrected chi connectivity index (χ0v) is 9.56. The number of aliphatic hydroxyl groups is 1. The van der Waals surface area contributed by atoms with Crippen LogP contribution < -0.4 is 0 Å². The van der Waals surface area contributed by atoms with Crippen LogP contribution >= 0.6 is 0 Å². The van der Waals surface area contributed by atoms with E-state index in [9.17, 15) is 9.90 Å². The minimum absolute atomic E-state index is 0.192. The van der Waals surface area contributed by atoms with Crippen molar-refractivity contribution in [3.63, 3.8) is 0 Å². The Morgan fingerprint density at radius 1 is 1.38 bits per heavy atom. The molecule has 0 heterocycles. The first-order valence-corrected chi connectivity index (χ1v) is 5.62. The topological polar surface area (TPSA) is 46.5 Å². The Morgan fingerprint density at radius 3 is 2.69 bits per heavy atom. The number of esters is 1. The molecule has 1 aromatic carbocycles. The Hall–Kier alpha value is -1.35. The minimum Gasteiger partial charge on any atom is -0.466 e. The van der Waals surface area contributed by atoms with Crippen molar-refractivity contribution in [3.05, 3.63) is 35.9 Å². The van der Waals surface area contributed by atoms with Crippen LogP contribution in [0.4, 0.5) is 0 Å². The lowest BCUT2D eigenvalue weighted by Gasteiger charge is -2.10. The Kier molecular flexibility index (Phi) is 5.57. The quantitative estimate of drug-likeness (QED) is 0.752. The van der Waals surface area contributed by atoms with Crippen LogP contribution in [0.25, 0.3) is 0 Å². The summed E-state index contributed by atoms with van der Waals surface area (Å²) in [6, 6.07) is 9.46. The highest BCUT2D eigenvalue weighted by molar-refractivity contribution is 5.69. The van der Waals surface area contributed by atoms with E-state index in [0.29, 0.717) is 25.9 Å². The first-order valence-electron chi connectivity index (χ1n) is 5.62. The van der Waals surface area contributed by atoms with Gasteiger partial charge in [-0.2, -0.15) is 0 Å². The molecule has 0 amide bonds. The van der Waals surface area contributed by atoms with Crippen LogP contribution in [-0.4, -0.2) is 17.7 Å². The molecule has 0 saturated carbocycles. The van der Waals surface area contributed by atoms with E-state index in [2.05, 4.69) is 0 Å². The maximum atomic E-state index is 11.1. The summed E-state index contributed by atoms with van der Waals surface area (Å²) in [6.45, 7) is 2.21. The second-order valence-corrected chi connectivity index (χ2v) is 3.62. The van der Waals surface area contributed by atoms with E-state index in [0.717, 1.165) is 5.56 Å². The predicted molar refractivity (Wildman–Crippen MR) is 61.9 cm³/mol. The lowest BCUT2D eigenvalue weighted by molar-refractivity contribution is -0.143. The average Bonchev–Trinajstić information content (AvgIpc) is 2.30. The van der Waals surface area contributed by atoms with Crippen molar-refractivity contribution >= 4 is 5.97 Å². The normalized spacial score (nSPS) is 12.1. The average molecular weight is 222 g/mol. The third-order valence-corrected chi connectivity index (χ3v) is 2.35. The van der Waals surface area contributed by atoms with Gasteiger partial charge in [-0.15, -0.1) is 0 Å². The highest BCUT2D eigenvalue weighted by atomic mass is 16.5. The molecular formula is C13H18O3. The molecular weight excluding hydrogens is 204 g/mol. The van der Waals surface area contributed by atoms with Crippen molar-refractivity contribution in [3.8, 4) is 0 Å². The smallest absolute Gasteiger partial charge is 0.305 e. The Labute approximate surface area is 96.1 Å². The van der Waals surface area contributed by atoms with Gasteiger partial charge >= 0.3 is 5.97 Å². The van der Waals surface area contributed by atoms with Crippen molar-refractivity contribution in [1.29, 1.82) is 0 Å². The number of ether oxygens (including phenoxy) is 1. The van der Waals surface area contributed by atoms with Gasteiger partial charge in [0.2, 0.25) is 0 Å². The molecule has 0 aliphatic heterocycles. The summed E-state index contributed by atoms with van der Waals surface area (Å²) < 4.78 is 4.81. The van der Waals surface area contributed by atoms with Crippen LogP contribution in [0.15, 0.2) is 30.3 Å². The molecule has 0 unspecified atom stereocenters. The minimum atomic E-state index is -0.490. The van der Waals surface area contributed by atoms with Crippen molar-refractivity contribution in [2.45, 2.75) is 32.3 Å². The molecule has 1 rings (SSSR count). The maximum absolute atomic E-state index is 11.1.